The van der Waals surface area contributed by atoms with Gasteiger partial charge in [0.1, 0.15) is 11.6 Å². The molecule has 4 heteroatoms. The zero-order valence-corrected chi connectivity index (χ0v) is 11.7. The van der Waals surface area contributed by atoms with Crippen molar-refractivity contribution in [2.75, 3.05) is 26.7 Å². The average Bonchev–Trinajstić information content (AvgIpc) is 2.43. The SMILES string of the molecule is COc1ccc(CN2CCC(C)C(CN)C2)c(F)c1. The lowest BCUT2D eigenvalue weighted by molar-refractivity contribution is 0.125. The number of nitrogens with zero attached hydrogens (tertiary/aromatic N) is 1. The minimum absolute atomic E-state index is 0.192. The highest BCUT2D eigenvalue weighted by Gasteiger charge is 2.25. The molecule has 1 aromatic rings. The standard InChI is InChI=1S/C15H23FN2O/c1-11-5-6-18(10-13(11)8-17)9-12-3-4-14(19-2)7-15(12)16/h3-4,7,11,13H,5-6,8-10,17H2,1-2H3. The molecule has 0 bridgehead atoms. The van der Waals surface area contributed by atoms with Gasteiger partial charge in [-0.15, -0.1) is 0 Å². The van der Waals surface area contributed by atoms with E-state index in [2.05, 4.69) is 11.8 Å². The summed E-state index contributed by atoms with van der Waals surface area (Å²) in [4.78, 5) is 2.29. The van der Waals surface area contributed by atoms with Crippen LogP contribution in [0.5, 0.6) is 5.75 Å². The lowest BCUT2D eigenvalue weighted by Gasteiger charge is -2.36. The van der Waals surface area contributed by atoms with Crippen molar-refractivity contribution in [1.82, 2.24) is 4.90 Å². The van der Waals surface area contributed by atoms with E-state index in [0.29, 0.717) is 30.7 Å². The normalized spacial score (nSPS) is 24.4. The monoisotopic (exact) mass is 266 g/mol. The van der Waals surface area contributed by atoms with E-state index in [4.69, 9.17) is 10.5 Å². The first kappa shape index (κ1) is 14.3. The fourth-order valence-corrected chi connectivity index (χ4v) is 2.70. The predicted octanol–water partition coefficient (Wildman–Crippen LogP) is 2.25. The summed E-state index contributed by atoms with van der Waals surface area (Å²) in [6.45, 7) is 5.59. The second-order valence-electron chi connectivity index (χ2n) is 5.45. The zero-order valence-electron chi connectivity index (χ0n) is 11.7. The van der Waals surface area contributed by atoms with Crippen LogP contribution in [0.2, 0.25) is 0 Å². The van der Waals surface area contributed by atoms with Gasteiger partial charge in [-0.3, -0.25) is 4.90 Å². The van der Waals surface area contributed by atoms with E-state index in [1.54, 1.807) is 7.11 Å². The Bertz CT molecular complexity index is 425. The van der Waals surface area contributed by atoms with Gasteiger partial charge in [-0.1, -0.05) is 13.0 Å². The Morgan fingerprint density at radius 1 is 1.47 bits per heavy atom. The van der Waals surface area contributed by atoms with E-state index in [1.165, 1.54) is 6.07 Å². The highest BCUT2D eigenvalue weighted by Crippen LogP contribution is 2.25. The molecule has 2 atom stereocenters. The van der Waals surface area contributed by atoms with Crippen LogP contribution in [-0.2, 0) is 6.54 Å². The van der Waals surface area contributed by atoms with Gasteiger partial charge in [-0.25, -0.2) is 4.39 Å². The van der Waals surface area contributed by atoms with Crippen LogP contribution >= 0.6 is 0 Å². The van der Waals surface area contributed by atoms with Gasteiger partial charge in [0.25, 0.3) is 0 Å². The van der Waals surface area contributed by atoms with Crippen molar-refractivity contribution in [1.29, 1.82) is 0 Å². The summed E-state index contributed by atoms with van der Waals surface area (Å²) in [5.41, 5.74) is 6.53. The maximum absolute atomic E-state index is 13.9. The Kier molecular flexibility index (Phi) is 4.77. The van der Waals surface area contributed by atoms with Gasteiger partial charge in [0, 0.05) is 24.7 Å². The first-order valence-corrected chi connectivity index (χ1v) is 6.89. The van der Waals surface area contributed by atoms with E-state index in [9.17, 15) is 4.39 Å². The smallest absolute Gasteiger partial charge is 0.131 e. The van der Waals surface area contributed by atoms with Crippen LogP contribution in [0.15, 0.2) is 18.2 Å². The maximum atomic E-state index is 13.9. The van der Waals surface area contributed by atoms with E-state index in [-0.39, 0.29) is 5.82 Å². The van der Waals surface area contributed by atoms with Gasteiger partial charge in [0.2, 0.25) is 0 Å². The van der Waals surface area contributed by atoms with Crippen LogP contribution in [0.25, 0.3) is 0 Å². The molecule has 2 unspecified atom stereocenters. The van der Waals surface area contributed by atoms with E-state index in [0.717, 1.165) is 25.1 Å². The molecule has 3 nitrogen and oxygen atoms in total. The molecule has 2 rings (SSSR count). The van der Waals surface area contributed by atoms with Gasteiger partial charge >= 0.3 is 0 Å². The molecule has 0 radical (unpaired) electrons. The molecule has 0 aliphatic carbocycles. The molecular formula is C15H23FN2O. The van der Waals surface area contributed by atoms with E-state index < -0.39 is 0 Å². The maximum Gasteiger partial charge on any atom is 0.131 e. The molecule has 2 N–H and O–H groups in total. The average molecular weight is 266 g/mol. The molecule has 106 valence electrons. The van der Waals surface area contributed by atoms with Crippen LogP contribution in [-0.4, -0.2) is 31.6 Å². The fourth-order valence-electron chi connectivity index (χ4n) is 2.70. The Morgan fingerprint density at radius 3 is 2.89 bits per heavy atom. The minimum atomic E-state index is -0.192. The minimum Gasteiger partial charge on any atom is -0.497 e. The second kappa shape index (κ2) is 6.35. The number of rotatable bonds is 4. The summed E-state index contributed by atoms with van der Waals surface area (Å²) >= 11 is 0. The summed E-state index contributed by atoms with van der Waals surface area (Å²) in [6.07, 6.45) is 1.14. The Morgan fingerprint density at radius 2 is 2.26 bits per heavy atom. The van der Waals surface area contributed by atoms with Gasteiger partial charge < -0.3 is 10.5 Å². The molecule has 0 aromatic heterocycles. The number of halogens is 1. The highest BCUT2D eigenvalue weighted by atomic mass is 19.1. The third-order valence-electron chi connectivity index (χ3n) is 4.16. The number of methoxy groups -OCH3 is 1. The molecule has 0 spiro atoms. The van der Waals surface area contributed by atoms with Crippen molar-refractivity contribution in [2.45, 2.75) is 19.9 Å². The molecule has 19 heavy (non-hydrogen) atoms. The zero-order chi connectivity index (χ0) is 13.8. The first-order valence-electron chi connectivity index (χ1n) is 6.89. The fraction of sp³-hybridized carbons (Fsp3) is 0.600. The van der Waals surface area contributed by atoms with Crippen molar-refractivity contribution in [2.24, 2.45) is 17.6 Å². The largest absolute Gasteiger partial charge is 0.497 e. The molecule has 1 aromatic carbocycles. The van der Waals surface area contributed by atoms with Gasteiger partial charge in [-0.05, 0) is 37.4 Å². The summed E-state index contributed by atoms with van der Waals surface area (Å²) in [5, 5.41) is 0. The topological polar surface area (TPSA) is 38.5 Å². The number of nitrogens with two attached hydrogens (primary N) is 1. The van der Waals surface area contributed by atoms with Crippen LogP contribution in [0, 0.1) is 17.7 Å². The number of benzene rings is 1. The summed E-state index contributed by atoms with van der Waals surface area (Å²) in [7, 11) is 1.55. The van der Waals surface area contributed by atoms with Crippen molar-refractivity contribution < 1.29 is 9.13 Å². The molecule has 1 heterocycles. The molecule has 1 fully saturated rings. The number of hydrogen-bond acceptors (Lipinski definition) is 3. The van der Waals surface area contributed by atoms with Crippen molar-refractivity contribution in [3.05, 3.63) is 29.6 Å². The Hall–Kier alpha value is -1.13. The van der Waals surface area contributed by atoms with Crippen LogP contribution < -0.4 is 10.5 Å². The summed E-state index contributed by atoms with van der Waals surface area (Å²) in [6, 6.07) is 5.07. The number of ether oxygens (including phenoxy) is 1. The van der Waals surface area contributed by atoms with E-state index in [1.807, 2.05) is 12.1 Å². The van der Waals surface area contributed by atoms with Crippen LogP contribution in [0.1, 0.15) is 18.9 Å². The number of likely N-dealkylation sites (tertiary alicyclic amines) is 1. The molecule has 0 amide bonds. The lowest BCUT2D eigenvalue weighted by Crippen LogP contribution is -2.42. The van der Waals surface area contributed by atoms with Crippen LogP contribution in [0.3, 0.4) is 0 Å². The third-order valence-corrected chi connectivity index (χ3v) is 4.16. The number of hydrogen-bond donors (Lipinski definition) is 1. The molecule has 0 saturated carbocycles. The highest BCUT2D eigenvalue weighted by molar-refractivity contribution is 5.28. The van der Waals surface area contributed by atoms with Crippen LogP contribution in [0.4, 0.5) is 4.39 Å². The molecule has 1 saturated heterocycles. The number of piperidine rings is 1. The molecule has 1 aliphatic heterocycles. The van der Waals surface area contributed by atoms with Crippen molar-refractivity contribution >= 4 is 0 Å². The summed E-state index contributed by atoms with van der Waals surface area (Å²) in [5.74, 6) is 1.56. The Labute approximate surface area is 114 Å². The van der Waals surface area contributed by atoms with Gasteiger partial charge in [0.15, 0.2) is 0 Å². The van der Waals surface area contributed by atoms with Gasteiger partial charge in [0.05, 0.1) is 7.11 Å². The predicted molar refractivity (Wildman–Crippen MR) is 74.6 cm³/mol. The Balaban J connectivity index is 2.01. The second-order valence-corrected chi connectivity index (χ2v) is 5.45. The van der Waals surface area contributed by atoms with Crippen molar-refractivity contribution in [3.63, 3.8) is 0 Å². The first-order chi connectivity index (χ1) is 9.13. The molecule has 1 aliphatic rings. The lowest BCUT2D eigenvalue weighted by atomic mass is 9.87. The van der Waals surface area contributed by atoms with Crippen molar-refractivity contribution in [3.8, 4) is 5.75 Å². The molecular weight excluding hydrogens is 243 g/mol. The quantitative estimate of drug-likeness (QED) is 0.908. The van der Waals surface area contributed by atoms with Gasteiger partial charge in [-0.2, -0.15) is 0 Å². The van der Waals surface area contributed by atoms with E-state index >= 15 is 0 Å². The summed E-state index contributed by atoms with van der Waals surface area (Å²) < 4.78 is 18.9. The third kappa shape index (κ3) is 3.45.